The van der Waals surface area contributed by atoms with Crippen LogP contribution in [0.1, 0.15) is 0 Å². The largest absolute Gasteiger partial charge is 0.496 e. The van der Waals surface area contributed by atoms with E-state index in [0.717, 1.165) is 0 Å². The first kappa shape index (κ1) is 11.1. The molecule has 1 aromatic carbocycles. The van der Waals surface area contributed by atoms with Crippen LogP contribution >= 0.6 is 0 Å². The molecule has 6 nitrogen and oxygen atoms in total. The molecule has 6 heteroatoms. The van der Waals surface area contributed by atoms with Crippen LogP contribution in [0, 0.1) is 10.1 Å². The van der Waals surface area contributed by atoms with E-state index in [1.165, 1.54) is 19.2 Å². The summed E-state index contributed by atoms with van der Waals surface area (Å²) < 4.78 is 6.80. The van der Waals surface area contributed by atoms with Gasteiger partial charge in [-0.1, -0.05) is 0 Å². The van der Waals surface area contributed by atoms with E-state index in [-0.39, 0.29) is 5.69 Å². The minimum Gasteiger partial charge on any atom is -0.496 e. The van der Waals surface area contributed by atoms with Crippen LogP contribution in [-0.2, 0) is 7.05 Å². The second-order valence-corrected chi connectivity index (χ2v) is 3.52. The lowest BCUT2D eigenvalue weighted by Gasteiger charge is -2.05. The fraction of sp³-hybridized carbons (Fsp3) is 0.182. The molecular weight excluding hydrogens is 222 g/mol. The molecule has 0 saturated carbocycles. The van der Waals surface area contributed by atoms with Crippen molar-refractivity contribution in [3.8, 4) is 17.0 Å². The Kier molecular flexibility index (Phi) is 2.78. The van der Waals surface area contributed by atoms with Gasteiger partial charge in [0.2, 0.25) is 0 Å². The Labute approximate surface area is 97.6 Å². The van der Waals surface area contributed by atoms with Crippen molar-refractivity contribution >= 4 is 5.69 Å². The molecule has 2 aromatic rings. The molecule has 0 radical (unpaired) electrons. The number of methoxy groups -OCH3 is 1. The number of nitro groups is 1. The zero-order valence-electron chi connectivity index (χ0n) is 9.45. The molecule has 0 aliphatic carbocycles. The lowest BCUT2D eigenvalue weighted by molar-refractivity contribution is -0.384. The lowest BCUT2D eigenvalue weighted by Crippen LogP contribution is -1.94. The fourth-order valence-corrected chi connectivity index (χ4v) is 1.57. The molecule has 0 aliphatic heterocycles. The molecule has 0 atom stereocenters. The summed E-state index contributed by atoms with van der Waals surface area (Å²) in [6, 6.07) is 6.22. The third kappa shape index (κ3) is 2.10. The van der Waals surface area contributed by atoms with Crippen LogP contribution in [0.25, 0.3) is 11.3 Å². The highest BCUT2D eigenvalue weighted by Gasteiger charge is 2.14. The van der Waals surface area contributed by atoms with Gasteiger partial charge >= 0.3 is 0 Å². The first-order valence-corrected chi connectivity index (χ1v) is 4.94. The van der Waals surface area contributed by atoms with Gasteiger partial charge < -0.3 is 4.74 Å². The van der Waals surface area contributed by atoms with Crippen LogP contribution in [0.4, 0.5) is 5.69 Å². The zero-order valence-corrected chi connectivity index (χ0v) is 9.45. The number of aromatic nitrogens is 2. The minimum absolute atomic E-state index is 0.0199. The molecule has 0 amide bonds. The SMILES string of the molecule is COc1ccc([N+](=O)[O-])cc1-c1ccn(C)n1. The predicted octanol–water partition coefficient (Wildman–Crippen LogP) is 2.00. The van der Waals surface area contributed by atoms with E-state index in [4.69, 9.17) is 4.74 Å². The summed E-state index contributed by atoms with van der Waals surface area (Å²) in [5, 5.41) is 14.9. The molecule has 1 heterocycles. The van der Waals surface area contributed by atoms with E-state index in [1.54, 1.807) is 30.1 Å². The minimum atomic E-state index is -0.439. The summed E-state index contributed by atoms with van der Waals surface area (Å²) in [7, 11) is 3.31. The molecule has 17 heavy (non-hydrogen) atoms. The van der Waals surface area contributed by atoms with E-state index >= 15 is 0 Å². The zero-order chi connectivity index (χ0) is 12.4. The molecule has 0 N–H and O–H groups in total. The first-order valence-electron chi connectivity index (χ1n) is 4.94. The second-order valence-electron chi connectivity index (χ2n) is 3.52. The monoisotopic (exact) mass is 233 g/mol. The third-order valence-corrected chi connectivity index (χ3v) is 2.38. The lowest BCUT2D eigenvalue weighted by atomic mass is 10.1. The Balaban J connectivity index is 2.57. The molecule has 2 rings (SSSR count). The van der Waals surface area contributed by atoms with E-state index < -0.39 is 4.92 Å². The Morgan fingerprint density at radius 2 is 2.18 bits per heavy atom. The van der Waals surface area contributed by atoms with Crippen LogP contribution in [-0.4, -0.2) is 21.8 Å². The number of benzene rings is 1. The van der Waals surface area contributed by atoms with Gasteiger partial charge in [0.05, 0.1) is 23.3 Å². The highest BCUT2D eigenvalue weighted by atomic mass is 16.6. The number of non-ortho nitro benzene ring substituents is 1. The van der Waals surface area contributed by atoms with Crippen molar-refractivity contribution in [2.45, 2.75) is 0 Å². The molecule has 0 saturated heterocycles. The van der Waals surface area contributed by atoms with Gasteiger partial charge in [-0.25, -0.2) is 0 Å². The fourth-order valence-electron chi connectivity index (χ4n) is 1.57. The maximum Gasteiger partial charge on any atom is 0.270 e. The van der Waals surface area contributed by atoms with Gasteiger partial charge in [0.15, 0.2) is 0 Å². The standard InChI is InChI=1S/C11H11N3O3/c1-13-6-5-10(12-13)9-7-8(14(15)16)3-4-11(9)17-2/h3-7H,1-2H3. The summed E-state index contributed by atoms with van der Waals surface area (Å²) >= 11 is 0. The van der Waals surface area contributed by atoms with Crippen molar-refractivity contribution in [1.29, 1.82) is 0 Å². The van der Waals surface area contributed by atoms with Crippen LogP contribution in [0.5, 0.6) is 5.75 Å². The highest BCUT2D eigenvalue weighted by Crippen LogP contribution is 2.31. The van der Waals surface area contributed by atoms with Crippen LogP contribution in [0.15, 0.2) is 30.5 Å². The van der Waals surface area contributed by atoms with Crippen molar-refractivity contribution in [2.24, 2.45) is 7.05 Å². The van der Waals surface area contributed by atoms with Gasteiger partial charge in [0.25, 0.3) is 5.69 Å². The predicted molar refractivity (Wildman–Crippen MR) is 61.9 cm³/mol. The van der Waals surface area contributed by atoms with Gasteiger partial charge in [-0.3, -0.25) is 14.8 Å². The van der Waals surface area contributed by atoms with E-state index in [1.807, 2.05) is 0 Å². The number of ether oxygens (including phenoxy) is 1. The maximum absolute atomic E-state index is 10.7. The van der Waals surface area contributed by atoms with E-state index in [9.17, 15) is 10.1 Å². The van der Waals surface area contributed by atoms with Gasteiger partial charge in [0, 0.05) is 25.4 Å². The molecule has 88 valence electrons. The third-order valence-electron chi connectivity index (χ3n) is 2.38. The van der Waals surface area contributed by atoms with Crippen molar-refractivity contribution < 1.29 is 9.66 Å². The molecule has 0 fully saturated rings. The first-order chi connectivity index (χ1) is 8.11. The van der Waals surface area contributed by atoms with Crippen molar-refractivity contribution in [2.75, 3.05) is 7.11 Å². The Bertz CT molecular complexity index is 563. The summed E-state index contributed by atoms with van der Waals surface area (Å²) in [5.74, 6) is 0.564. The Hall–Kier alpha value is -2.37. The average molecular weight is 233 g/mol. The number of nitrogens with zero attached hydrogens (tertiary/aromatic N) is 3. The number of hydrogen-bond acceptors (Lipinski definition) is 4. The van der Waals surface area contributed by atoms with Crippen LogP contribution in [0.3, 0.4) is 0 Å². The number of hydrogen-bond donors (Lipinski definition) is 0. The van der Waals surface area contributed by atoms with E-state index in [0.29, 0.717) is 17.0 Å². The molecule has 0 unspecified atom stereocenters. The average Bonchev–Trinajstić information content (AvgIpc) is 2.74. The topological polar surface area (TPSA) is 70.2 Å². The van der Waals surface area contributed by atoms with Crippen molar-refractivity contribution in [3.05, 3.63) is 40.6 Å². The normalized spacial score (nSPS) is 10.2. The molecule has 0 spiro atoms. The smallest absolute Gasteiger partial charge is 0.270 e. The van der Waals surface area contributed by atoms with Crippen molar-refractivity contribution in [1.82, 2.24) is 9.78 Å². The van der Waals surface area contributed by atoms with Gasteiger partial charge in [-0.2, -0.15) is 5.10 Å². The van der Waals surface area contributed by atoms with Crippen LogP contribution in [0.2, 0.25) is 0 Å². The maximum atomic E-state index is 10.7. The summed E-state index contributed by atoms with van der Waals surface area (Å²) in [4.78, 5) is 10.3. The summed E-state index contributed by atoms with van der Waals surface area (Å²) in [6.45, 7) is 0. The van der Waals surface area contributed by atoms with Gasteiger partial charge in [-0.05, 0) is 12.1 Å². The van der Waals surface area contributed by atoms with Crippen molar-refractivity contribution in [3.63, 3.8) is 0 Å². The highest BCUT2D eigenvalue weighted by molar-refractivity contribution is 5.69. The van der Waals surface area contributed by atoms with E-state index in [2.05, 4.69) is 5.10 Å². The number of nitro benzene ring substituents is 1. The second kappa shape index (κ2) is 4.25. The molecular formula is C11H11N3O3. The molecule has 1 aromatic heterocycles. The molecule has 0 bridgehead atoms. The summed E-state index contributed by atoms with van der Waals surface area (Å²) in [6.07, 6.45) is 1.77. The molecule has 0 aliphatic rings. The number of aryl methyl sites for hydroxylation is 1. The van der Waals surface area contributed by atoms with Crippen LogP contribution < -0.4 is 4.74 Å². The van der Waals surface area contributed by atoms with Gasteiger partial charge in [0.1, 0.15) is 5.75 Å². The number of rotatable bonds is 3. The Morgan fingerprint density at radius 3 is 2.71 bits per heavy atom. The quantitative estimate of drug-likeness (QED) is 0.600. The summed E-state index contributed by atoms with van der Waals surface area (Å²) in [5.41, 5.74) is 1.28. The Morgan fingerprint density at radius 1 is 1.41 bits per heavy atom. The van der Waals surface area contributed by atoms with Gasteiger partial charge in [-0.15, -0.1) is 0 Å².